The van der Waals surface area contributed by atoms with Crippen molar-refractivity contribution in [2.45, 2.75) is 39.8 Å². The van der Waals surface area contributed by atoms with Crippen molar-refractivity contribution in [1.29, 1.82) is 0 Å². The number of amides is 1. The first-order valence-corrected chi connectivity index (χ1v) is 12.2. The third-order valence-corrected chi connectivity index (χ3v) is 7.15. The molecule has 5 nitrogen and oxygen atoms in total. The maximum absolute atomic E-state index is 13.3. The van der Waals surface area contributed by atoms with E-state index in [1.165, 1.54) is 23.1 Å². The number of anilines is 1. The topological polar surface area (TPSA) is 64.0 Å². The molecule has 0 saturated heterocycles. The molecule has 2 aromatic carbocycles. The summed E-state index contributed by atoms with van der Waals surface area (Å²) in [7, 11) is 0. The van der Waals surface area contributed by atoms with Crippen LogP contribution in [0.25, 0.3) is 15.9 Å². The summed E-state index contributed by atoms with van der Waals surface area (Å²) in [5.74, 6) is 0.0247. The Morgan fingerprint density at radius 2 is 1.69 bits per heavy atom. The number of thiophene rings is 1. The number of carbonyl (C=O) groups excluding carboxylic acids is 1. The average molecular weight is 464 g/mol. The minimum Gasteiger partial charge on any atom is -0.325 e. The number of hydrogen-bond acceptors (Lipinski definition) is 5. The second-order valence-corrected chi connectivity index (χ2v) is 9.93. The van der Waals surface area contributed by atoms with Crippen LogP contribution in [-0.4, -0.2) is 21.2 Å². The molecule has 7 heteroatoms. The van der Waals surface area contributed by atoms with Gasteiger partial charge in [0.05, 0.1) is 17.0 Å². The number of nitrogens with zero attached hydrogens (tertiary/aromatic N) is 2. The van der Waals surface area contributed by atoms with Crippen LogP contribution in [0.4, 0.5) is 5.69 Å². The Kier molecular flexibility index (Phi) is 6.22. The van der Waals surface area contributed by atoms with Gasteiger partial charge >= 0.3 is 0 Å². The SMILES string of the molecule is Cc1ccc(-n2c(SCC(=O)Nc3c(C)cc(C)cc3C)nc3ccsc3c2=O)c(C)c1. The van der Waals surface area contributed by atoms with Gasteiger partial charge in [0.1, 0.15) is 4.70 Å². The van der Waals surface area contributed by atoms with E-state index in [0.717, 1.165) is 39.2 Å². The first kappa shape index (κ1) is 22.3. The summed E-state index contributed by atoms with van der Waals surface area (Å²) < 4.78 is 2.25. The van der Waals surface area contributed by atoms with Gasteiger partial charge in [0.25, 0.3) is 5.56 Å². The first-order chi connectivity index (χ1) is 15.2. The van der Waals surface area contributed by atoms with E-state index in [9.17, 15) is 9.59 Å². The molecule has 0 saturated carbocycles. The first-order valence-electron chi connectivity index (χ1n) is 10.3. The standard InChI is InChI=1S/C25H25N3O2S2/c1-14-6-7-20(16(3)10-14)28-24(30)23-19(8-9-31-23)26-25(28)32-13-21(29)27-22-17(4)11-15(2)12-18(22)5/h6-12H,13H2,1-5H3,(H,27,29). The van der Waals surface area contributed by atoms with Gasteiger partial charge in [0.15, 0.2) is 5.16 Å². The van der Waals surface area contributed by atoms with E-state index in [2.05, 4.69) is 17.4 Å². The quantitative estimate of drug-likeness (QED) is 0.304. The molecule has 0 atom stereocenters. The van der Waals surface area contributed by atoms with Crippen LogP contribution in [-0.2, 0) is 4.79 Å². The van der Waals surface area contributed by atoms with Crippen LogP contribution in [0.5, 0.6) is 0 Å². The van der Waals surface area contributed by atoms with Crippen molar-refractivity contribution in [3.8, 4) is 5.69 Å². The van der Waals surface area contributed by atoms with Crippen molar-refractivity contribution in [2.75, 3.05) is 11.1 Å². The van der Waals surface area contributed by atoms with E-state index in [1.807, 2.05) is 64.3 Å². The van der Waals surface area contributed by atoms with Crippen molar-refractivity contribution in [2.24, 2.45) is 0 Å². The summed E-state index contributed by atoms with van der Waals surface area (Å²) in [6, 6.07) is 11.9. The highest BCUT2D eigenvalue weighted by Gasteiger charge is 2.17. The minimum absolute atomic E-state index is 0.106. The third-order valence-electron chi connectivity index (χ3n) is 5.32. The number of fused-ring (bicyclic) bond motifs is 1. The average Bonchev–Trinajstić information content (AvgIpc) is 3.19. The third kappa shape index (κ3) is 4.36. The van der Waals surface area contributed by atoms with Crippen molar-refractivity contribution in [3.05, 3.63) is 79.9 Å². The summed E-state index contributed by atoms with van der Waals surface area (Å²) in [6.07, 6.45) is 0. The fraction of sp³-hybridized carbons (Fsp3) is 0.240. The van der Waals surface area contributed by atoms with Crippen molar-refractivity contribution in [1.82, 2.24) is 9.55 Å². The molecule has 0 radical (unpaired) electrons. The highest BCUT2D eigenvalue weighted by Crippen LogP contribution is 2.27. The number of thioether (sulfide) groups is 1. The van der Waals surface area contributed by atoms with Gasteiger partial charge in [0.2, 0.25) is 5.91 Å². The number of rotatable bonds is 5. The highest BCUT2D eigenvalue weighted by molar-refractivity contribution is 7.99. The second kappa shape index (κ2) is 8.92. The zero-order chi connectivity index (χ0) is 23.0. The predicted octanol–water partition coefficient (Wildman–Crippen LogP) is 5.72. The fourth-order valence-corrected chi connectivity index (χ4v) is 5.51. The molecule has 1 amide bonds. The maximum atomic E-state index is 13.3. The number of nitrogens with one attached hydrogen (secondary N) is 1. The van der Waals surface area contributed by atoms with E-state index in [-0.39, 0.29) is 17.2 Å². The summed E-state index contributed by atoms with van der Waals surface area (Å²) >= 11 is 2.66. The molecule has 0 unspecified atom stereocenters. The molecule has 0 aliphatic rings. The Balaban J connectivity index is 1.67. The lowest BCUT2D eigenvalue weighted by molar-refractivity contribution is -0.113. The zero-order valence-corrected chi connectivity index (χ0v) is 20.4. The van der Waals surface area contributed by atoms with Gasteiger partial charge in [-0.25, -0.2) is 4.98 Å². The van der Waals surface area contributed by atoms with E-state index < -0.39 is 0 Å². The largest absolute Gasteiger partial charge is 0.325 e. The van der Waals surface area contributed by atoms with Crippen molar-refractivity contribution in [3.63, 3.8) is 0 Å². The molecule has 4 rings (SSSR count). The Bertz CT molecular complexity index is 1380. The number of aryl methyl sites for hydroxylation is 5. The van der Waals surface area contributed by atoms with E-state index in [4.69, 9.17) is 4.98 Å². The molecule has 2 aromatic heterocycles. The second-order valence-electron chi connectivity index (χ2n) is 8.07. The summed E-state index contributed by atoms with van der Waals surface area (Å²) in [4.78, 5) is 30.8. The van der Waals surface area contributed by atoms with Crippen LogP contribution in [0.15, 0.2) is 51.7 Å². The summed E-state index contributed by atoms with van der Waals surface area (Å²) in [6.45, 7) is 10.0. The van der Waals surface area contributed by atoms with Crippen molar-refractivity contribution < 1.29 is 4.79 Å². The Labute approximate surface area is 195 Å². The Hall–Kier alpha value is -2.90. The van der Waals surface area contributed by atoms with Crippen LogP contribution in [0, 0.1) is 34.6 Å². The summed E-state index contributed by atoms with van der Waals surface area (Å²) in [5, 5.41) is 5.41. The lowest BCUT2D eigenvalue weighted by atomic mass is 10.1. The molecule has 164 valence electrons. The van der Waals surface area contributed by atoms with Gasteiger partial charge in [0, 0.05) is 5.69 Å². The van der Waals surface area contributed by atoms with E-state index in [1.54, 1.807) is 4.57 Å². The summed E-state index contributed by atoms with van der Waals surface area (Å²) in [5.41, 5.74) is 7.53. The Morgan fingerprint density at radius 3 is 2.38 bits per heavy atom. The molecular formula is C25H25N3O2S2. The molecule has 0 aliphatic heterocycles. The van der Waals surface area contributed by atoms with Gasteiger partial charge in [-0.3, -0.25) is 14.2 Å². The smallest absolute Gasteiger partial charge is 0.276 e. The van der Waals surface area contributed by atoms with Gasteiger partial charge in [-0.05, 0) is 68.8 Å². The molecule has 2 heterocycles. The molecule has 0 bridgehead atoms. The Morgan fingerprint density at radius 1 is 1.00 bits per heavy atom. The minimum atomic E-state index is -0.128. The molecule has 0 spiro atoms. The molecule has 0 aliphatic carbocycles. The highest BCUT2D eigenvalue weighted by atomic mass is 32.2. The van der Waals surface area contributed by atoms with Gasteiger partial charge in [-0.2, -0.15) is 0 Å². The van der Waals surface area contributed by atoms with Crippen LogP contribution >= 0.6 is 23.1 Å². The lowest BCUT2D eigenvalue weighted by Crippen LogP contribution is -2.23. The number of benzene rings is 2. The van der Waals surface area contributed by atoms with Gasteiger partial charge in [-0.15, -0.1) is 11.3 Å². The maximum Gasteiger partial charge on any atom is 0.276 e. The van der Waals surface area contributed by atoms with E-state index in [0.29, 0.717) is 15.4 Å². The normalized spacial score (nSPS) is 11.2. The van der Waals surface area contributed by atoms with Crippen LogP contribution in [0.2, 0.25) is 0 Å². The van der Waals surface area contributed by atoms with Gasteiger partial charge in [-0.1, -0.05) is 47.2 Å². The zero-order valence-electron chi connectivity index (χ0n) is 18.8. The lowest BCUT2D eigenvalue weighted by Gasteiger charge is -2.15. The molecule has 0 fully saturated rings. The van der Waals surface area contributed by atoms with Crippen LogP contribution in [0.1, 0.15) is 27.8 Å². The number of carbonyl (C=O) groups is 1. The predicted molar refractivity (Wildman–Crippen MR) is 135 cm³/mol. The number of aromatic nitrogens is 2. The molecule has 4 aromatic rings. The van der Waals surface area contributed by atoms with Crippen LogP contribution < -0.4 is 10.9 Å². The van der Waals surface area contributed by atoms with E-state index >= 15 is 0 Å². The molecule has 1 N–H and O–H groups in total. The molecule has 32 heavy (non-hydrogen) atoms. The van der Waals surface area contributed by atoms with Gasteiger partial charge < -0.3 is 5.32 Å². The van der Waals surface area contributed by atoms with Crippen molar-refractivity contribution >= 4 is 44.9 Å². The monoisotopic (exact) mass is 463 g/mol. The number of hydrogen-bond donors (Lipinski definition) is 1. The fourth-order valence-electron chi connectivity index (χ4n) is 3.94. The van der Waals surface area contributed by atoms with Crippen LogP contribution in [0.3, 0.4) is 0 Å². The molecular weight excluding hydrogens is 438 g/mol.